The molecule has 1 aliphatic carbocycles. The van der Waals surface area contributed by atoms with Crippen molar-refractivity contribution in [2.75, 3.05) is 0 Å². The van der Waals surface area contributed by atoms with Gasteiger partial charge in [0, 0.05) is 53.9 Å². The third-order valence-corrected chi connectivity index (χ3v) is 9.29. The van der Waals surface area contributed by atoms with Crippen LogP contribution in [0, 0.1) is 13.8 Å². The van der Waals surface area contributed by atoms with Gasteiger partial charge in [-0.2, -0.15) is 26.3 Å². The molecule has 4 heterocycles. The zero-order chi connectivity index (χ0) is 31.7. The first kappa shape index (κ1) is 29.2. The smallest absolute Gasteiger partial charge is 0.380 e. The van der Waals surface area contributed by atoms with Crippen molar-refractivity contribution in [1.82, 2.24) is 20.4 Å². The highest BCUT2D eigenvalue weighted by Crippen LogP contribution is 2.67. The topological polar surface area (TPSA) is 77.8 Å². The molecule has 4 aromatic heterocycles. The Bertz CT molecular complexity index is 1930. The Hall–Kier alpha value is -4.56. The van der Waals surface area contributed by atoms with E-state index in [2.05, 4.69) is 20.4 Å². The minimum Gasteiger partial charge on any atom is -0.416 e. The summed E-state index contributed by atoms with van der Waals surface area (Å²) in [6.07, 6.45) is 0. The maximum absolute atomic E-state index is 15.9. The van der Waals surface area contributed by atoms with E-state index >= 15 is 26.3 Å². The molecule has 2 aromatic carbocycles. The van der Waals surface area contributed by atoms with Crippen LogP contribution in [-0.2, 0) is 0 Å². The van der Waals surface area contributed by atoms with Gasteiger partial charge in [-0.15, -0.1) is 43.1 Å². The highest BCUT2D eigenvalue weighted by molar-refractivity contribution is 7.11. The van der Waals surface area contributed by atoms with Crippen LogP contribution < -0.4 is 0 Å². The van der Waals surface area contributed by atoms with E-state index in [1.54, 1.807) is 60.7 Å². The lowest BCUT2D eigenvalue weighted by molar-refractivity contribution is -0.254. The van der Waals surface area contributed by atoms with Crippen molar-refractivity contribution < 1.29 is 35.2 Å². The van der Waals surface area contributed by atoms with Crippen LogP contribution in [0.5, 0.6) is 0 Å². The van der Waals surface area contributed by atoms with Crippen molar-refractivity contribution in [3.05, 3.63) is 92.3 Å². The molecule has 6 nitrogen and oxygen atoms in total. The lowest BCUT2D eigenvalue weighted by Crippen LogP contribution is -2.49. The molecule has 0 amide bonds. The average Bonchev–Trinajstić information content (AvgIpc) is 3.84. The van der Waals surface area contributed by atoms with Crippen LogP contribution in [0.2, 0.25) is 0 Å². The summed E-state index contributed by atoms with van der Waals surface area (Å²) in [6.45, 7) is 2.75. The van der Waals surface area contributed by atoms with Gasteiger partial charge in [0.1, 0.15) is 0 Å². The molecule has 0 spiro atoms. The fourth-order valence-corrected chi connectivity index (χ4v) is 6.98. The zero-order valence-corrected chi connectivity index (χ0v) is 24.8. The lowest BCUT2D eigenvalue weighted by Gasteiger charge is -2.26. The molecule has 0 unspecified atom stereocenters. The second kappa shape index (κ2) is 10.2. The minimum absolute atomic E-state index is 0.0324. The third kappa shape index (κ3) is 4.30. The molecular formula is C31H18F6N4O2S2. The monoisotopic (exact) mass is 656 g/mol. The van der Waals surface area contributed by atoms with Crippen LogP contribution in [0.4, 0.5) is 26.3 Å². The quantitative estimate of drug-likeness (QED) is 0.166. The second-order valence-corrected chi connectivity index (χ2v) is 12.4. The number of rotatable bonds is 6. The first-order valence-electron chi connectivity index (χ1n) is 13.3. The van der Waals surface area contributed by atoms with Gasteiger partial charge in [0.25, 0.3) is 0 Å². The number of nitrogens with zero attached hydrogens (tertiary/aromatic N) is 4. The first-order chi connectivity index (χ1) is 21.4. The second-order valence-electron chi connectivity index (χ2n) is 10.2. The normalized spacial score (nSPS) is 16.9. The Kier molecular flexibility index (Phi) is 6.64. The van der Waals surface area contributed by atoms with Gasteiger partial charge in [0.2, 0.25) is 23.6 Å². The van der Waals surface area contributed by atoms with Crippen LogP contribution in [0.3, 0.4) is 0 Å². The highest BCUT2D eigenvalue weighted by atomic mass is 32.1. The predicted molar refractivity (Wildman–Crippen MR) is 157 cm³/mol. The number of aryl methyl sites for hydroxylation is 2. The largest absolute Gasteiger partial charge is 0.416 e. The summed E-state index contributed by atoms with van der Waals surface area (Å²) in [6, 6.07) is 17.1. The van der Waals surface area contributed by atoms with E-state index < -0.39 is 40.0 Å². The molecule has 0 bridgehead atoms. The van der Waals surface area contributed by atoms with Gasteiger partial charge >= 0.3 is 17.8 Å². The third-order valence-electron chi connectivity index (χ3n) is 7.47. The zero-order valence-electron chi connectivity index (χ0n) is 23.1. The minimum atomic E-state index is -5.78. The molecule has 1 aliphatic rings. The van der Waals surface area contributed by atoms with E-state index in [4.69, 9.17) is 8.83 Å². The van der Waals surface area contributed by atoms with Crippen molar-refractivity contribution in [2.24, 2.45) is 0 Å². The SMILES string of the molecule is Cc1scc(-c2nnc(-c3ccccc3)o2)c1C1=C(c2c(-c3nnc(-c4ccccc4)o3)csc2C)C(F)(F)C(F)(F)C1(F)F. The van der Waals surface area contributed by atoms with Crippen LogP contribution in [0.15, 0.2) is 80.3 Å². The molecule has 0 saturated heterocycles. The molecule has 0 N–H and O–H groups in total. The maximum Gasteiger partial charge on any atom is 0.380 e. The van der Waals surface area contributed by atoms with Gasteiger partial charge in [-0.1, -0.05) is 36.4 Å². The van der Waals surface area contributed by atoms with E-state index in [9.17, 15) is 0 Å². The Morgan fingerprint density at radius 1 is 0.533 bits per heavy atom. The molecule has 45 heavy (non-hydrogen) atoms. The summed E-state index contributed by atoms with van der Waals surface area (Å²) in [5, 5.41) is 18.5. The van der Waals surface area contributed by atoms with Gasteiger partial charge in [-0.05, 0) is 38.1 Å². The Morgan fingerprint density at radius 3 is 1.27 bits per heavy atom. The standard InChI is InChI=1S/C31H18F6N4O2S2/c1-15-21(19(13-44-15)27-40-38-25(42-27)17-9-5-3-6-10-17)23-24(30(34,35)31(36,37)29(23,32)33)22-16(2)45-14-20(22)28-41-39-26(43-28)18-11-7-4-8-12-18/h3-14H,1-2H3. The fourth-order valence-electron chi connectivity index (χ4n) is 5.29. The van der Waals surface area contributed by atoms with E-state index in [0.29, 0.717) is 11.1 Å². The Morgan fingerprint density at radius 2 is 0.889 bits per heavy atom. The van der Waals surface area contributed by atoms with Crippen molar-refractivity contribution >= 4 is 33.8 Å². The van der Waals surface area contributed by atoms with Crippen LogP contribution in [-0.4, -0.2) is 38.2 Å². The lowest BCUT2D eigenvalue weighted by atomic mass is 9.91. The maximum atomic E-state index is 15.9. The van der Waals surface area contributed by atoms with E-state index in [1.807, 2.05) is 0 Å². The van der Waals surface area contributed by atoms with Crippen molar-refractivity contribution in [3.63, 3.8) is 0 Å². The molecule has 228 valence electrons. The summed E-state index contributed by atoms with van der Waals surface area (Å²) in [5.74, 6) is -16.9. The Balaban J connectivity index is 1.46. The molecule has 7 rings (SSSR count). The average molecular weight is 657 g/mol. The van der Waals surface area contributed by atoms with Gasteiger partial charge < -0.3 is 8.83 Å². The van der Waals surface area contributed by atoms with Crippen LogP contribution in [0.1, 0.15) is 20.9 Å². The number of hydrogen-bond acceptors (Lipinski definition) is 8. The summed E-state index contributed by atoms with van der Waals surface area (Å²) >= 11 is 1.80. The van der Waals surface area contributed by atoms with Gasteiger partial charge in [-0.25, -0.2) is 0 Å². The van der Waals surface area contributed by atoms with Crippen molar-refractivity contribution in [1.29, 1.82) is 0 Å². The number of alkyl halides is 6. The summed E-state index contributed by atoms with van der Waals surface area (Å²) < 4.78 is 106. The van der Waals surface area contributed by atoms with Crippen molar-refractivity contribution in [3.8, 4) is 45.8 Å². The molecule has 0 saturated carbocycles. The summed E-state index contributed by atoms with van der Waals surface area (Å²) in [5.41, 5.74) is -3.45. The van der Waals surface area contributed by atoms with Crippen LogP contribution >= 0.6 is 22.7 Å². The summed E-state index contributed by atoms with van der Waals surface area (Å²) in [4.78, 5) is 0.146. The van der Waals surface area contributed by atoms with E-state index in [0.717, 1.165) is 22.7 Å². The number of halogens is 6. The van der Waals surface area contributed by atoms with Crippen LogP contribution in [0.25, 0.3) is 57.0 Å². The molecule has 0 atom stereocenters. The first-order valence-corrected chi connectivity index (χ1v) is 15.0. The summed E-state index contributed by atoms with van der Waals surface area (Å²) in [7, 11) is 0. The van der Waals surface area contributed by atoms with Gasteiger partial charge in [0.15, 0.2) is 0 Å². The molecular weight excluding hydrogens is 638 g/mol. The fraction of sp³-hybridized carbons (Fsp3) is 0.161. The van der Waals surface area contributed by atoms with Crippen molar-refractivity contribution in [2.45, 2.75) is 31.6 Å². The number of aromatic nitrogens is 4. The molecule has 6 aromatic rings. The van der Waals surface area contributed by atoms with E-state index in [1.165, 1.54) is 24.6 Å². The molecule has 0 fully saturated rings. The Labute approximate surface area is 258 Å². The van der Waals surface area contributed by atoms with Gasteiger partial charge in [-0.3, -0.25) is 0 Å². The van der Waals surface area contributed by atoms with E-state index in [-0.39, 0.29) is 44.4 Å². The number of hydrogen-bond donors (Lipinski definition) is 0. The number of benzene rings is 2. The predicted octanol–water partition coefficient (Wildman–Crippen LogP) is 9.69. The highest BCUT2D eigenvalue weighted by Gasteiger charge is 2.80. The number of thiophene rings is 2. The van der Waals surface area contributed by atoms with Gasteiger partial charge in [0.05, 0.1) is 11.1 Å². The number of allylic oxidation sites excluding steroid dienone is 2. The molecule has 0 radical (unpaired) electrons. The molecule has 14 heteroatoms. The molecule has 0 aliphatic heterocycles.